The SMILES string of the molecule is CCCN(CCC)C(=O)c1ccc(C(=O)Nc2ccccc2N)s1. The molecule has 1 aromatic carbocycles. The summed E-state index contributed by atoms with van der Waals surface area (Å²) in [6, 6.07) is 10.5. The average Bonchev–Trinajstić information content (AvgIpc) is 3.06. The van der Waals surface area contributed by atoms with Gasteiger partial charge < -0.3 is 16.0 Å². The van der Waals surface area contributed by atoms with E-state index < -0.39 is 0 Å². The smallest absolute Gasteiger partial charge is 0.265 e. The second-order valence-corrected chi connectivity index (χ2v) is 6.58. The number of rotatable bonds is 7. The number of hydrogen-bond donors (Lipinski definition) is 2. The Labute approximate surface area is 146 Å². The number of nitrogens with one attached hydrogen (secondary N) is 1. The topological polar surface area (TPSA) is 75.4 Å². The molecular weight excluding hydrogens is 322 g/mol. The molecule has 1 heterocycles. The fraction of sp³-hybridized carbons (Fsp3) is 0.333. The lowest BCUT2D eigenvalue weighted by molar-refractivity contribution is 0.0760. The highest BCUT2D eigenvalue weighted by atomic mass is 32.1. The fourth-order valence-electron chi connectivity index (χ4n) is 2.38. The van der Waals surface area contributed by atoms with Crippen molar-refractivity contribution in [2.75, 3.05) is 24.1 Å². The van der Waals surface area contributed by atoms with Crippen LogP contribution in [0.5, 0.6) is 0 Å². The molecule has 0 radical (unpaired) electrons. The highest BCUT2D eigenvalue weighted by Gasteiger charge is 2.18. The van der Waals surface area contributed by atoms with E-state index in [1.54, 1.807) is 24.3 Å². The van der Waals surface area contributed by atoms with Gasteiger partial charge in [0, 0.05) is 13.1 Å². The summed E-state index contributed by atoms with van der Waals surface area (Å²) in [6.45, 7) is 5.56. The average molecular weight is 345 g/mol. The summed E-state index contributed by atoms with van der Waals surface area (Å²) < 4.78 is 0. The standard InChI is InChI=1S/C18H23N3O2S/c1-3-11-21(12-4-2)18(23)16-10-9-15(24-16)17(22)20-14-8-6-5-7-13(14)19/h5-10H,3-4,11-12,19H2,1-2H3,(H,20,22). The van der Waals surface area contributed by atoms with E-state index in [-0.39, 0.29) is 11.8 Å². The Morgan fingerprint density at radius 2 is 1.67 bits per heavy atom. The third-order valence-electron chi connectivity index (χ3n) is 3.52. The molecule has 2 amide bonds. The van der Waals surface area contributed by atoms with Crippen LogP contribution in [0.3, 0.4) is 0 Å². The zero-order valence-corrected chi connectivity index (χ0v) is 14.9. The van der Waals surface area contributed by atoms with Gasteiger partial charge in [-0.2, -0.15) is 0 Å². The van der Waals surface area contributed by atoms with Crippen molar-refractivity contribution in [1.82, 2.24) is 4.90 Å². The first kappa shape index (κ1) is 18.0. The first-order valence-corrected chi connectivity index (χ1v) is 8.93. The molecule has 0 atom stereocenters. The van der Waals surface area contributed by atoms with Gasteiger partial charge in [0.1, 0.15) is 0 Å². The molecule has 1 aromatic heterocycles. The number of nitrogen functional groups attached to an aromatic ring is 1. The van der Waals surface area contributed by atoms with Crippen LogP contribution in [0.25, 0.3) is 0 Å². The third kappa shape index (κ3) is 4.35. The Morgan fingerprint density at radius 1 is 1.04 bits per heavy atom. The normalized spacial score (nSPS) is 10.4. The Morgan fingerprint density at radius 3 is 2.29 bits per heavy atom. The maximum absolute atomic E-state index is 12.6. The van der Waals surface area contributed by atoms with Crippen LogP contribution < -0.4 is 11.1 Å². The Bertz CT molecular complexity index is 706. The lowest BCUT2D eigenvalue weighted by Crippen LogP contribution is -2.31. The second kappa shape index (κ2) is 8.49. The number of thiophene rings is 1. The summed E-state index contributed by atoms with van der Waals surface area (Å²) in [5, 5.41) is 2.78. The molecular formula is C18H23N3O2S. The predicted molar refractivity (Wildman–Crippen MR) is 99.6 cm³/mol. The van der Waals surface area contributed by atoms with Gasteiger partial charge in [0.2, 0.25) is 0 Å². The van der Waals surface area contributed by atoms with Gasteiger partial charge in [-0.15, -0.1) is 11.3 Å². The Kier molecular flexibility index (Phi) is 6.37. The first-order valence-electron chi connectivity index (χ1n) is 8.11. The van der Waals surface area contributed by atoms with E-state index in [4.69, 9.17) is 5.73 Å². The zero-order chi connectivity index (χ0) is 17.5. The van der Waals surface area contributed by atoms with Crippen LogP contribution in [0, 0.1) is 0 Å². The molecule has 0 saturated heterocycles. The molecule has 3 N–H and O–H groups in total. The Balaban J connectivity index is 2.10. The molecule has 6 heteroatoms. The third-order valence-corrected chi connectivity index (χ3v) is 4.60. The van der Waals surface area contributed by atoms with E-state index in [1.807, 2.05) is 30.9 Å². The van der Waals surface area contributed by atoms with E-state index >= 15 is 0 Å². The maximum atomic E-state index is 12.6. The highest BCUT2D eigenvalue weighted by molar-refractivity contribution is 7.16. The van der Waals surface area contributed by atoms with Crippen molar-refractivity contribution in [3.8, 4) is 0 Å². The molecule has 24 heavy (non-hydrogen) atoms. The lowest BCUT2D eigenvalue weighted by atomic mass is 10.2. The molecule has 0 saturated carbocycles. The van der Waals surface area contributed by atoms with Gasteiger partial charge in [-0.05, 0) is 37.1 Å². The van der Waals surface area contributed by atoms with Crippen molar-refractivity contribution in [2.24, 2.45) is 0 Å². The van der Waals surface area contributed by atoms with E-state index in [9.17, 15) is 9.59 Å². The Hall–Kier alpha value is -2.34. The molecule has 0 spiro atoms. The minimum atomic E-state index is -0.255. The summed E-state index contributed by atoms with van der Waals surface area (Å²) in [6.07, 6.45) is 1.83. The van der Waals surface area contributed by atoms with Crippen LogP contribution in [0.2, 0.25) is 0 Å². The minimum Gasteiger partial charge on any atom is -0.397 e. The number of carbonyl (C=O) groups excluding carboxylic acids is 2. The van der Waals surface area contributed by atoms with Crippen molar-refractivity contribution >= 4 is 34.5 Å². The van der Waals surface area contributed by atoms with Crippen LogP contribution in [-0.4, -0.2) is 29.8 Å². The zero-order valence-electron chi connectivity index (χ0n) is 14.0. The number of nitrogens with zero attached hydrogens (tertiary/aromatic N) is 1. The number of hydrogen-bond acceptors (Lipinski definition) is 4. The van der Waals surface area contributed by atoms with Crippen molar-refractivity contribution in [3.63, 3.8) is 0 Å². The largest absolute Gasteiger partial charge is 0.397 e. The monoisotopic (exact) mass is 345 g/mol. The molecule has 0 aliphatic rings. The van der Waals surface area contributed by atoms with Crippen molar-refractivity contribution in [2.45, 2.75) is 26.7 Å². The number of nitrogens with two attached hydrogens (primary N) is 1. The molecule has 5 nitrogen and oxygen atoms in total. The lowest BCUT2D eigenvalue weighted by Gasteiger charge is -2.20. The molecule has 0 unspecified atom stereocenters. The van der Waals surface area contributed by atoms with E-state index in [2.05, 4.69) is 5.32 Å². The van der Waals surface area contributed by atoms with E-state index in [0.717, 1.165) is 25.9 Å². The van der Waals surface area contributed by atoms with Crippen LogP contribution in [0.4, 0.5) is 11.4 Å². The summed E-state index contributed by atoms with van der Waals surface area (Å²) in [5.41, 5.74) is 6.92. The molecule has 2 aromatic rings. The van der Waals surface area contributed by atoms with Crippen molar-refractivity contribution < 1.29 is 9.59 Å². The van der Waals surface area contributed by atoms with Gasteiger partial charge in [0.15, 0.2) is 0 Å². The molecule has 0 fully saturated rings. The number of anilines is 2. The minimum absolute atomic E-state index is 0.0121. The molecule has 0 bridgehead atoms. The van der Waals surface area contributed by atoms with Crippen LogP contribution in [-0.2, 0) is 0 Å². The van der Waals surface area contributed by atoms with Crippen LogP contribution in [0.1, 0.15) is 46.0 Å². The van der Waals surface area contributed by atoms with Gasteiger partial charge in [-0.25, -0.2) is 0 Å². The van der Waals surface area contributed by atoms with Crippen molar-refractivity contribution in [3.05, 3.63) is 46.2 Å². The predicted octanol–water partition coefficient (Wildman–Crippen LogP) is 3.84. The van der Waals surface area contributed by atoms with E-state index in [1.165, 1.54) is 11.3 Å². The highest BCUT2D eigenvalue weighted by Crippen LogP contribution is 2.22. The summed E-state index contributed by atoms with van der Waals surface area (Å²) >= 11 is 1.21. The van der Waals surface area contributed by atoms with Crippen LogP contribution in [0.15, 0.2) is 36.4 Å². The van der Waals surface area contributed by atoms with Gasteiger partial charge in [0.25, 0.3) is 11.8 Å². The molecule has 0 aliphatic heterocycles. The molecule has 2 rings (SSSR count). The summed E-state index contributed by atoms with van der Waals surface area (Å²) in [4.78, 5) is 27.8. The second-order valence-electron chi connectivity index (χ2n) is 5.50. The van der Waals surface area contributed by atoms with Gasteiger partial charge in [-0.3, -0.25) is 9.59 Å². The summed E-state index contributed by atoms with van der Waals surface area (Å²) in [7, 11) is 0. The van der Waals surface area contributed by atoms with Gasteiger partial charge in [0.05, 0.1) is 21.1 Å². The summed E-state index contributed by atoms with van der Waals surface area (Å²) in [5.74, 6) is -0.267. The number of amides is 2. The van der Waals surface area contributed by atoms with Crippen molar-refractivity contribution in [1.29, 1.82) is 0 Å². The number of benzene rings is 1. The maximum Gasteiger partial charge on any atom is 0.265 e. The van der Waals surface area contributed by atoms with Crippen LogP contribution >= 0.6 is 11.3 Å². The number of carbonyl (C=O) groups is 2. The number of para-hydroxylation sites is 2. The first-order chi connectivity index (χ1) is 11.6. The molecule has 0 aliphatic carbocycles. The fourth-order valence-corrected chi connectivity index (χ4v) is 3.25. The van der Waals surface area contributed by atoms with Gasteiger partial charge in [-0.1, -0.05) is 26.0 Å². The molecule has 128 valence electrons. The van der Waals surface area contributed by atoms with Gasteiger partial charge >= 0.3 is 0 Å². The van der Waals surface area contributed by atoms with E-state index in [0.29, 0.717) is 21.1 Å². The quantitative estimate of drug-likeness (QED) is 0.749.